The SMILES string of the molecule is CCCCOC(=O)N1CCC(n2c(NC(=O)c3ccc(Cl)cc3)nc3cc(CN(C(=O)C(F)(F)F)C(C)C(C)(C)C)ccc32)CC1. The number of unbranched alkanes of at least 4 members (excludes halogenated alkanes) is 1. The summed E-state index contributed by atoms with van der Waals surface area (Å²) in [6, 6.07) is 10.6. The number of fused-ring (bicyclic) bond motifs is 1. The van der Waals surface area contributed by atoms with Crippen LogP contribution in [0.3, 0.4) is 0 Å². The Balaban J connectivity index is 1.67. The summed E-state index contributed by atoms with van der Waals surface area (Å²) in [6.07, 6.45) is -2.54. The number of hydrogen-bond acceptors (Lipinski definition) is 5. The normalized spacial score (nSPS) is 15.1. The molecule has 1 aliphatic rings. The van der Waals surface area contributed by atoms with Crippen molar-refractivity contribution in [3.8, 4) is 0 Å². The van der Waals surface area contributed by atoms with Gasteiger partial charge in [0.25, 0.3) is 5.91 Å². The molecule has 1 saturated heterocycles. The second-order valence-corrected chi connectivity index (χ2v) is 13.2. The summed E-state index contributed by atoms with van der Waals surface area (Å²) in [4.78, 5) is 45.5. The molecule has 1 fully saturated rings. The number of imidazole rings is 1. The van der Waals surface area contributed by atoms with Crippen LogP contribution in [0.1, 0.15) is 82.3 Å². The number of rotatable bonds is 9. The Morgan fingerprint density at radius 2 is 1.74 bits per heavy atom. The molecule has 1 atom stereocenters. The summed E-state index contributed by atoms with van der Waals surface area (Å²) in [6.45, 7) is 9.95. The fraction of sp³-hybridized carbons (Fsp3) is 0.515. The van der Waals surface area contributed by atoms with Gasteiger partial charge >= 0.3 is 18.2 Å². The minimum atomic E-state index is -5.03. The highest BCUT2D eigenvalue weighted by molar-refractivity contribution is 6.30. The zero-order chi connectivity index (χ0) is 33.8. The third-order valence-electron chi connectivity index (χ3n) is 8.47. The Kier molecular flexibility index (Phi) is 10.9. The molecule has 0 spiro atoms. The van der Waals surface area contributed by atoms with Crippen molar-refractivity contribution in [2.24, 2.45) is 5.41 Å². The minimum Gasteiger partial charge on any atom is -0.449 e. The highest BCUT2D eigenvalue weighted by Gasteiger charge is 2.45. The molecule has 2 heterocycles. The average Bonchev–Trinajstić information content (AvgIpc) is 3.35. The second-order valence-electron chi connectivity index (χ2n) is 12.7. The lowest BCUT2D eigenvalue weighted by Gasteiger charge is -2.38. The number of likely N-dealkylation sites (tertiary alicyclic amines) is 1. The zero-order valence-corrected chi connectivity index (χ0v) is 27.5. The van der Waals surface area contributed by atoms with Crippen molar-refractivity contribution in [2.75, 3.05) is 25.0 Å². The van der Waals surface area contributed by atoms with E-state index in [1.54, 1.807) is 75.1 Å². The van der Waals surface area contributed by atoms with E-state index in [2.05, 4.69) is 5.32 Å². The number of nitrogens with one attached hydrogen (secondary N) is 1. The van der Waals surface area contributed by atoms with Crippen molar-refractivity contribution in [1.29, 1.82) is 0 Å². The van der Waals surface area contributed by atoms with Gasteiger partial charge in [-0.3, -0.25) is 14.9 Å². The van der Waals surface area contributed by atoms with Gasteiger partial charge in [0.2, 0.25) is 5.95 Å². The van der Waals surface area contributed by atoms with Gasteiger partial charge in [0.1, 0.15) is 0 Å². The van der Waals surface area contributed by atoms with Crippen LogP contribution in [0.2, 0.25) is 5.02 Å². The van der Waals surface area contributed by atoms with Gasteiger partial charge in [0.15, 0.2) is 0 Å². The molecule has 0 saturated carbocycles. The van der Waals surface area contributed by atoms with E-state index in [0.29, 0.717) is 59.7 Å². The van der Waals surface area contributed by atoms with Gasteiger partial charge < -0.3 is 19.1 Å². The molecular formula is C33H41ClF3N5O4. The molecule has 3 amide bonds. The van der Waals surface area contributed by atoms with E-state index >= 15 is 0 Å². The van der Waals surface area contributed by atoms with E-state index in [0.717, 1.165) is 17.7 Å². The first kappa shape index (κ1) is 35.1. The van der Waals surface area contributed by atoms with Gasteiger partial charge in [-0.1, -0.05) is 51.8 Å². The van der Waals surface area contributed by atoms with Gasteiger partial charge in [0.05, 0.1) is 17.6 Å². The fourth-order valence-electron chi connectivity index (χ4n) is 5.39. The highest BCUT2D eigenvalue weighted by Crippen LogP contribution is 2.34. The van der Waals surface area contributed by atoms with Gasteiger partial charge in [-0.15, -0.1) is 0 Å². The van der Waals surface area contributed by atoms with Gasteiger partial charge in [0, 0.05) is 42.3 Å². The lowest BCUT2D eigenvalue weighted by Crippen LogP contribution is -2.50. The smallest absolute Gasteiger partial charge is 0.449 e. The predicted molar refractivity (Wildman–Crippen MR) is 171 cm³/mol. The minimum absolute atomic E-state index is 0.139. The molecular weight excluding hydrogens is 623 g/mol. The molecule has 0 bridgehead atoms. The molecule has 1 unspecified atom stereocenters. The van der Waals surface area contributed by atoms with Crippen molar-refractivity contribution < 1.29 is 32.3 Å². The molecule has 13 heteroatoms. The number of carbonyl (C=O) groups excluding carboxylic acids is 3. The lowest BCUT2D eigenvalue weighted by atomic mass is 9.86. The van der Waals surface area contributed by atoms with Crippen LogP contribution < -0.4 is 5.32 Å². The molecule has 46 heavy (non-hydrogen) atoms. The monoisotopic (exact) mass is 663 g/mol. The van der Waals surface area contributed by atoms with Crippen LogP contribution in [0, 0.1) is 5.41 Å². The first-order chi connectivity index (χ1) is 21.6. The van der Waals surface area contributed by atoms with Crippen LogP contribution in [0.5, 0.6) is 0 Å². The Morgan fingerprint density at radius 3 is 2.33 bits per heavy atom. The largest absolute Gasteiger partial charge is 0.471 e. The quantitative estimate of drug-likeness (QED) is 0.235. The number of benzene rings is 2. The zero-order valence-electron chi connectivity index (χ0n) is 26.8. The summed E-state index contributed by atoms with van der Waals surface area (Å²) in [5, 5.41) is 3.37. The van der Waals surface area contributed by atoms with Crippen molar-refractivity contribution in [2.45, 2.75) is 85.1 Å². The van der Waals surface area contributed by atoms with Crippen molar-refractivity contribution >= 4 is 46.5 Å². The van der Waals surface area contributed by atoms with E-state index in [9.17, 15) is 27.6 Å². The van der Waals surface area contributed by atoms with Gasteiger partial charge in [-0.2, -0.15) is 13.2 Å². The standard InChI is InChI=1S/C33H41ClF3N5O4/c1-6-7-18-46-31(45)40-16-14-25(15-17-40)42-27-13-8-22(20-41(21(2)32(3,4)5)29(44)33(35,36)37)19-26(27)38-30(42)39-28(43)23-9-11-24(34)12-10-23/h8-13,19,21,25H,6-7,14-18,20H2,1-5H3,(H,38,39,43). The van der Waals surface area contributed by atoms with Gasteiger partial charge in [-0.25, -0.2) is 9.78 Å². The number of ether oxygens (including phenoxy) is 1. The highest BCUT2D eigenvalue weighted by atomic mass is 35.5. The molecule has 1 N–H and O–H groups in total. The number of anilines is 1. The predicted octanol–water partition coefficient (Wildman–Crippen LogP) is 7.84. The summed E-state index contributed by atoms with van der Waals surface area (Å²) < 4.78 is 48.1. The van der Waals surface area contributed by atoms with Crippen molar-refractivity contribution in [3.05, 3.63) is 58.6 Å². The molecule has 4 rings (SSSR count). The third kappa shape index (κ3) is 8.31. The summed E-state index contributed by atoms with van der Waals surface area (Å²) in [5.74, 6) is -2.05. The average molecular weight is 664 g/mol. The number of halogens is 4. The van der Waals surface area contributed by atoms with Crippen LogP contribution in [-0.4, -0.2) is 69.2 Å². The van der Waals surface area contributed by atoms with Crippen LogP contribution in [0.25, 0.3) is 11.0 Å². The number of amides is 3. The van der Waals surface area contributed by atoms with Crippen molar-refractivity contribution in [3.63, 3.8) is 0 Å². The molecule has 3 aromatic rings. The van der Waals surface area contributed by atoms with E-state index in [1.165, 1.54) is 0 Å². The maximum absolute atomic E-state index is 13.6. The number of aromatic nitrogens is 2. The molecule has 250 valence electrons. The number of alkyl halides is 3. The second kappa shape index (κ2) is 14.3. The third-order valence-corrected chi connectivity index (χ3v) is 8.73. The van der Waals surface area contributed by atoms with Crippen LogP contribution in [0.4, 0.5) is 23.9 Å². The molecule has 0 radical (unpaired) electrons. The van der Waals surface area contributed by atoms with Crippen LogP contribution >= 0.6 is 11.6 Å². The maximum atomic E-state index is 13.6. The number of nitrogens with zero attached hydrogens (tertiary/aromatic N) is 4. The summed E-state index contributed by atoms with van der Waals surface area (Å²) in [7, 11) is 0. The Hall–Kier alpha value is -3.80. The van der Waals surface area contributed by atoms with Crippen LogP contribution in [-0.2, 0) is 16.1 Å². The Bertz CT molecular complexity index is 1540. The summed E-state index contributed by atoms with van der Waals surface area (Å²) >= 11 is 5.99. The number of piperidine rings is 1. The van der Waals surface area contributed by atoms with Crippen LogP contribution in [0.15, 0.2) is 42.5 Å². The maximum Gasteiger partial charge on any atom is 0.471 e. The Morgan fingerprint density at radius 1 is 1.09 bits per heavy atom. The van der Waals surface area contributed by atoms with E-state index in [1.807, 2.05) is 11.5 Å². The van der Waals surface area contributed by atoms with Gasteiger partial charge in [-0.05, 0) is 73.6 Å². The fourth-order valence-corrected chi connectivity index (χ4v) is 5.51. The molecule has 1 aliphatic heterocycles. The van der Waals surface area contributed by atoms with E-state index in [-0.39, 0.29) is 24.6 Å². The molecule has 0 aliphatic carbocycles. The summed E-state index contributed by atoms with van der Waals surface area (Å²) in [5.41, 5.74) is 1.34. The number of carbonyl (C=O) groups is 3. The van der Waals surface area contributed by atoms with E-state index < -0.39 is 29.4 Å². The van der Waals surface area contributed by atoms with E-state index in [4.69, 9.17) is 21.3 Å². The number of hydrogen-bond donors (Lipinski definition) is 1. The topological polar surface area (TPSA) is 96.8 Å². The molecule has 2 aromatic carbocycles. The Labute approximate surface area is 272 Å². The first-order valence-corrected chi connectivity index (χ1v) is 15.8. The van der Waals surface area contributed by atoms with Crippen molar-refractivity contribution in [1.82, 2.24) is 19.4 Å². The first-order valence-electron chi connectivity index (χ1n) is 15.5. The lowest BCUT2D eigenvalue weighted by molar-refractivity contribution is -0.190. The molecule has 1 aromatic heterocycles. The molecule has 9 nitrogen and oxygen atoms in total.